The van der Waals surface area contributed by atoms with Gasteiger partial charge in [-0.2, -0.15) is 0 Å². The Kier molecular flexibility index (Phi) is 9.42. The lowest BCUT2D eigenvalue weighted by molar-refractivity contribution is 0.0476. The molecule has 0 fully saturated rings. The molecule has 196 valence electrons. The number of nitrogens with zero attached hydrogens (tertiary/aromatic N) is 1. The van der Waals surface area contributed by atoms with Gasteiger partial charge in [0.15, 0.2) is 12.4 Å². The minimum Gasteiger partial charge on any atom is -0.454 e. The van der Waals surface area contributed by atoms with Crippen molar-refractivity contribution < 1.29 is 14.3 Å². The van der Waals surface area contributed by atoms with Gasteiger partial charge in [-0.1, -0.05) is 106 Å². The molecule has 0 saturated heterocycles. The Morgan fingerprint density at radius 3 is 2.24 bits per heavy atom. The number of hydrogen-bond acceptors (Lipinski definition) is 4. The highest BCUT2D eigenvalue weighted by molar-refractivity contribution is 6.06. The first-order valence-corrected chi connectivity index (χ1v) is 13.8. The SMILES string of the molecule is CCCCCCCc1ccc(-c2cc(C(=O)OCC(=O)c3ccc(CC)cc3)c3cccc(C)c3n2)cc1. The number of fused-ring (bicyclic) bond motifs is 1. The molecule has 0 N–H and O–H groups in total. The Hall–Kier alpha value is -3.79. The second kappa shape index (κ2) is 13.1. The van der Waals surface area contributed by atoms with Gasteiger partial charge in [0, 0.05) is 16.5 Å². The van der Waals surface area contributed by atoms with Crippen molar-refractivity contribution in [3.05, 3.63) is 101 Å². The zero-order valence-electron chi connectivity index (χ0n) is 22.8. The first-order chi connectivity index (χ1) is 18.5. The van der Waals surface area contributed by atoms with Crippen molar-refractivity contribution in [3.8, 4) is 11.3 Å². The van der Waals surface area contributed by atoms with Crippen LogP contribution in [0.1, 0.15) is 83.4 Å². The maximum Gasteiger partial charge on any atom is 0.339 e. The van der Waals surface area contributed by atoms with Gasteiger partial charge in [-0.25, -0.2) is 9.78 Å². The highest BCUT2D eigenvalue weighted by Gasteiger charge is 2.18. The fourth-order valence-electron chi connectivity index (χ4n) is 4.70. The molecular weight excluding hydrogens is 470 g/mol. The summed E-state index contributed by atoms with van der Waals surface area (Å²) in [5, 5.41) is 0.724. The molecule has 0 saturated carbocycles. The highest BCUT2D eigenvalue weighted by Crippen LogP contribution is 2.28. The van der Waals surface area contributed by atoms with Crippen molar-refractivity contribution in [2.75, 3.05) is 6.61 Å². The van der Waals surface area contributed by atoms with Crippen molar-refractivity contribution >= 4 is 22.7 Å². The molecule has 4 heteroatoms. The number of benzene rings is 3. The monoisotopic (exact) mass is 507 g/mol. The quantitative estimate of drug-likeness (QED) is 0.110. The van der Waals surface area contributed by atoms with Gasteiger partial charge in [0.1, 0.15) is 0 Å². The normalized spacial score (nSPS) is 11.0. The van der Waals surface area contributed by atoms with Crippen LogP contribution in [0.4, 0.5) is 0 Å². The van der Waals surface area contributed by atoms with E-state index in [0.29, 0.717) is 11.1 Å². The summed E-state index contributed by atoms with van der Waals surface area (Å²) < 4.78 is 5.51. The smallest absolute Gasteiger partial charge is 0.339 e. The first-order valence-electron chi connectivity index (χ1n) is 13.8. The highest BCUT2D eigenvalue weighted by atomic mass is 16.5. The van der Waals surface area contributed by atoms with Crippen LogP contribution in [-0.2, 0) is 17.6 Å². The van der Waals surface area contributed by atoms with Crippen LogP contribution in [-0.4, -0.2) is 23.3 Å². The lowest BCUT2D eigenvalue weighted by atomic mass is 10.00. The maximum atomic E-state index is 13.2. The van der Waals surface area contributed by atoms with Crippen molar-refractivity contribution in [2.24, 2.45) is 0 Å². The maximum absolute atomic E-state index is 13.2. The summed E-state index contributed by atoms with van der Waals surface area (Å²) >= 11 is 0. The number of hydrogen-bond donors (Lipinski definition) is 0. The Morgan fingerprint density at radius 2 is 1.53 bits per heavy atom. The fraction of sp³-hybridized carbons (Fsp3) is 0.324. The zero-order chi connectivity index (χ0) is 26.9. The van der Waals surface area contributed by atoms with Crippen LogP contribution in [0.5, 0.6) is 0 Å². The topological polar surface area (TPSA) is 56.3 Å². The van der Waals surface area contributed by atoms with E-state index in [2.05, 4.69) is 38.1 Å². The molecule has 4 nitrogen and oxygen atoms in total. The Balaban J connectivity index is 1.53. The first kappa shape index (κ1) is 27.3. The lowest BCUT2D eigenvalue weighted by Crippen LogP contribution is -2.15. The molecule has 1 heterocycles. The molecule has 0 aliphatic heterocycles. The third-order valence-corrected chi connectivity index (χ3v) is 7.10. The summed E-state index contributed by atoms with van der Waals surface area (Å²) in [6, 6.07) is 23.4. The van der Waals surface area contributed by atoms with Crippen molar-refractivity contribution in [3.63, 3.8) is 0 Å². The van der Waals surface area contributed by atoms with Gasteiger partial charge in [-0.05, 0) is 48.9 Å². The molecule has 1 aromatic heterocycles. The van der Waals surface area contributed by atoms with Gasteiger partial charge < -0.3 is 4.74 Å². The lowest BCUT2D eigenvalue weighted by Gasteiger charge is -2.12. The van der Waals surface area contributed by atoms with Crippen molar-refractivity contribution in [1.29, 1.82) is 0 Å². The minimum atomic E-state index is -0.522. The number of para-hydroxylation sites is 1. The molecule has 0 atom stereocenters. The number of esters is 1. The summed E-state index contributed by atoms with van der Waals surface area (Å²) in [5.41, 5.74) is 6.84. The van der Waals surface area contributed by atoms with Crippen LogP contribution in [0, 0.1) is 6.92 Å². The molecule has 3 aromatic carbocycles. The Labute approximate surface area is 226 Å². The zero-order valence-corrected chi connectivity index (χ0v) is 22.8. The number of Topliss-reactive ketones (excluding diaryl/α,β-unsaturated/α-hetero) is 1. The van der Waals surface area contributed by atoms with Gasteiger partial charge in [0.2, 0.25) is 0 Å². The van der Waals surface area contributed by atoms with Gasteiger partial charge in [0.05, 0.1) is 16.8 Å². The van der Waals surface area contributed by atoms with E-state index in [-0.39, 0.29) is 12.4 Å². The van der Waals surface area contributed by atoms with Crippen LogP contribution in [0.25, 0.3) is 22.2 Å². The fourth-order valence-corrected chi connectivity index (χ4v) is 4.70. The van der Waals surface area contributed by atoms with E-state index >= 15 is 0 Å². The average Bonchev–Trinajstić information content (AvgIpc) is 2.96. The number of aromatic nitrogens is 1. The summed E-state index contributed by atoms with van der Waals surface area (Å²) in [7, 11) is 0. The van der Waals surface area contributed by atoms with E-state index in [9.17, 15) is 9.59 Å². The number of ketones is 1. The van der Waals surface area contributed by atoms with Crippen LogP contribution >= 0.6 is 0 Å². The van der Waals surface area contributed by atoms with Gasteiger partial charge >= 0.3 is 5.97 Å². The van der Waals surface area contributed by atoms with Crippen LogP contribution in [0.15, 0.2) is 72.8 Å². The van der Waals surface area contributed by atoms with Crippen molar-refractivity contribution in [1.82, 2.24) is 4.98 Å². The number of unbranched alkanes of at least 4 members (excludes halogenated alkanes) is 4. The molecule has 0 spiro atoms. The average molecular weight is 508 g/mol. The van der Waals surface area contributed by atoms with Crippen molar-refractivity contribution in [2.45, 2.75) is 65.7 Å². The molecule has 0 unspecified atom stereocenters. The Morgan fingerprint density at radius 1 is 0.816 bits per heavy atom. The van der Waals surface area contributed by atoms with Gasteiger partial charge in [-0.3, -0.25) is 4.79 Å². The molecule has 4 rings (SSSR count). The number of ether oxygens (including phenoxy) is 1. The van der Waals surface area contributed by atoms with Gasteiger partial charge in [-0.15, -0.1) is 0 Å². The molecule has 38 heavy (non-hydrogen) atoms. The predicted octanol–water partition coefficient (Wildman–Crippen LogP) is 8.33. The van der Waals surface area contributed by atoms with E-state index < -0.39 is 5.97 Å². The third-order valence-electron chi connectivity index (χ3n) is 7.10. The molecule has 0 aliphatic carbocycles. The van der Waals surface area contributed by atoms with Gasteiger partial charge in [0.25, 0.3) is 0 Å². The second-order valence-electron chi connectivity index (χ2n) is 9.94. The third kappa shape index (κ3) is 6.74. The number of rotatable bonds is 12. The predicted molar refractivity (Wildman–Crippen MR) is 155 cm³/mol. The van der Waals surface area contributed by atoms with E-state index in [1.54, 1.807) is 18.2 Å². The largest absolute Gasteiger partial charge is 0.454 e. The number of carbonyl (C=O) groups excluding carboxylic acids is 2. The van der Waals surface area contributed by atoms with E-state index in [1.807, 2.05) is 37.3 Å². The Bertz CT molecular complexity index is 1390. The molecular formula is C34H37NO3. The van der Waals surface area contributed by atoms with Crippen LogP contribution in [0.3, 0.4) is 0 Å². The molecule has 0 bridgehead atoms. The standard InChI is InChI=1S/C34H37NO3/c1-4-6-7-8-9-12-26-16-18-27(19-17-26)31-22-30(29-13-10-11-24(3)33(29)35-31)34(37)38-23-32(36)28-20-14-25(5-2)15-21-28/h10-11,13-22H,4-9,12,23H2,1-3H3. The molecule has 4 aromatic rings. The second-order valence-corrected chi connectivity index (χ2v) is 9.94. The van der Waals surface area contributed by atoms with E-state index in [4.69, 9.17) is 9.72 Å². The molecule has 0 radical (unpaired) electrons. The van der Waals surface area contributed by atoms with E-state index in [0.717, 1.165) is 46.1 Å². The van der Waals surface area contributed by atoms with E-state index in [1.165, 1.54) is 37.7 Å². The number of carbonyl (C=O) groups is 2. The minimum absolute atomic E-state index is 0.221. The summed E-state index contributed by atoms with van der Waals surface area (Å²) in [6.45, 7) is 5.98. The number of pyridine rings is 1. The summed E-state index contributed by atoms with van der Waals surface area (Å²) in [4.78, 5) is 30.8. The molecule has 0 aliphatic rings. The van der Waals surface area contributed by atoms with Crippen LogP contribution in [0.2, 0.25) is 0 Å². The number of aryl methyl sites for hydroxylation is 3. The van der Waals surface area contributed by atoms with Crippen LogP contribution < -0.4 is 0 Å². The summed E-state index contributed by atoms with van der Waals surface area (Å²) in [6.07, 6.45) is 8.29. The molecule has 0 amide bonds. The summed E-state index contributed by atoms with van der Waals surface area (Å²) in [5.74, 6) is -0.743.